The smallest absolute Gasteiger partial charge is 0.251 e. The number of hydrogen-bond acceptors (Lipinski definition) is 2. The first-order chi connectivity index (χ1) is 12.1. The highest BCUT2D eigenvalue weighted by atomic mass is 16.1. The number of benzene rings is 2. The van der Waals surface area contributed by atoms with Gasteiger partial charge in [0.2, 0.25) is 0 Å². The lowest BCUT2D eigenvalue weighted by Crippen LogP contribution is -2.36. The Hall–Kier alpha value is -2.82. The standard InChI is InChI=1S/C20H26N4O/c1-4-22-19(25)17-11-7-9-16(12-17)13-23-20(21-3)24-14-18-10-6-5-8-15(18)2/h5-12H,4,13-14H2,1-3H3,(H,22,25)(H2,21,23,24). The third-order valence-corrected chi connectivity index (χ3v) is 3.92. The molecule has 2 rings (SSSR count). The summed E-state index contributed by atoms with van der Waals surface area (Å²) in [4.78, 5) is 16.2. The molecule has 0 bridgehead atoms. The lowest BCUT2D eigenvalue weighted by Gasteiger charge is -2.13. The molecule has 0 atom stereocenters. The number of amides is 1. The summed E-state index contributed by atoms with van der Waals surface area (Å²) in [6.45, 7) is 5.94. The number of carbonyl (C=O) groups excluding carboxylic acids is 1. The van der Waals surface area contributed by atoms with E-state index < -0.39 is 0 Å². The third-order valence-electron chi connectivity index (χ3n) is 3.92. The first-order valence-corrected chi connectivity index (χ1v) is 8.50. The maximum absolute atomic E-state index is 11.9. The number of aliphatic imine (C=N–C) groups is 1. The predicted octanol–water partition coefficient (Wildman–Crippen LogP) is 2.61. The number of hydrogen-bond donors (Lipinski definition) is 3. The average molecular weight is 338 g/mol. The monoisotopic (exact) mass is 338 g/mol. The average Bonchev–Trinajstić information content (AvgIpc) is 2.63. The quantitative estimate of drug-likeness (QED) is 0.560. The maximum atomic E-state index is 11.9. The summed E-state index contributed by atoms with van der Waals surface area (Å²) < 4.78 is 0. The Labute approximate surface area is 149 Å². The fraction of sp³-hybridized carbons (Fsp3) is 0.300. The van der Waals surface area contributed by atoms with E-state index in [9.17, 15) is 4.79 Å². The molecule has 132 valence electrons. The van der Waals surface area contributed by atoms with Crippen LogP contribution in [0.2, 0.25) is 0 Å². The van der Waals surface area contributed by atoms with Crippen LogP contribution in [0.1, 0.15) is 34.0 Å². The molecular weight excluding hydrogens is 312 g/mol. The molecule has 0 heterocycles. The predicted molar refractivity (Wildman–Crippen MR) is 103 cm³/mol. The van der Waals surface area contributed by atoms with E-state index in [1.807, 2.05) is 43.3 Å². The summed E-state index contributed by atoms with van der Waals surface area (Å²) in [5.74, 6) is 0.679. The van der Waals surface area contributed by atoms with Gasteiger partial charge in [0.1, 0.15) is 0 Å². The van der Waals surface area contributed by atoms with Gasteiger partial charge in [-0.3, -0.25) is 9.79 Å². The van der Waals surface area contributed by atoms with Crippen molar-refractivity contribution in [3.05, 3.63) is 70.8 Å². The molecule has 2 aromatic carbocycles. The molecule has 0 aliphatic carbocycles. The van der Waals surface area contributed by atoms with Crippen molar-refractivity contribution in [1.29, 1.82) is 0 Å². The second-order valence-corrected chi connectivity index (χ2v) is 5.77. The summed E-state index contributed by atoms with van der Waals surface area (Å²) in [6, 6.07) is 15.9. The van der Waals surface area contributed by atoms with Crippen LogP contribution in [0.4, 0.5) is 0 Å². The van der Waals surface area contributed by atoms with Gasteiger partial charge in [-0.25, -0.2) is 0 Å². The minimum absolute atomic E-state index is 0.0496. The van der Waals surface area contributed by atoms with Gasteiger partial charge in [0.15, 0.2) is 5.96 Å². The molecule has 0 aliphatic heterocycles. The van der Waals surface area contributed by atoms with Crippen LogP contribution in [0.25, 0.3) is 0 Å². The molecule has 25 heavy (non-hydrogen) atoms. The van der Waals surface area contributed by atoms with Crippen LogP contribution < -0.4 is 16.0 Å². The zero-order valence-corrected chi connectivity index (χ0v) is 15.1. The second kappa shape index (κ2) is 9.47. The lowest BCUT2D eigenvalue weighted by molar-refractivity contribution is 0.0955. The molecule has 0 radical (unpaired) electrons. The van der Waals surface area contributed by atoms with E-state index in [2.05, 4.69) is 40.0 Å². The van der Waals surface area contributed by atoms with Gasteiger partial charge in [0.05, 0.1) is 0 Å². The molecule has 1 amide bonds. The van der Waals surface area contributed by atoms with Crippen molar-refractivity contribution in [3.8, 4) is 0 Å². The van der Waals surface area contributed by atoms with E-state index >= 15 is 0 Å². The Balaban J connectivity index is 1.91. The molecule has 0 fully saturated rings. The minimum Gasteiger partial charge on any atom is -0.352 e. The fourth-order valence-corrected chi connectivity index (χ4v) is 2.48. The first-order valence-electron chi connectivity index (χ1n) is 8.50. The van der Waals surface area contributed by atoms with Gasteiger partial charge in [-0.05, 0) is 42.7 Å². The van der Waals surface area contributed by atoms with Gasteiger partial charge in [-0.15, -0.1) is 0 Å². The van der Waals surface area contributed by atoms with Crippen molar-refractivity contribution in [1.82, 2.24) is 16.0 Å². The molecule has 0 unspecified atom stereocenters. The third kappa shape index (κ3) is 5.64. The molecule has 0 aromatic heterocycles. The van der Waals surface area contributed by atoms with Crippen molar-refractivity contribution >= 4 is 11.9 Å². The highest BCUT2D eigenvalue weighted by Crippen LogP contribution is 2.07. The van der Waals surface area contributed by atoms with Crippen molar-refractivity contribution < 1.29 is 4.79 Å². The van der Waals surface area contributed by atoms with E-state index in [0.29, 0.717) is 25.2 Å². The van der Waals surface area contributed by atoms with E-state index in [1.165, 1.54) is 11.1 Å². The fourth-order valence-electron chi connectivity index (χ4n) is 2.48. The van der Waals surface area contributed by atoms with E-state index in [4.69, 9.17) is 0 Å². The summed E-state index contributed by atoms with van der Waals surface area (Å²) >= 11 is 0. The van der Waals surface area contributed by atoms with Crippen LogP contribution in [0.3, 0.4) is 0 Å². The molecule has 5 nitrogen and oxygen atoms in total. The Kier molecular flexibility index (Phi) is 7.01. The topological polar surface area (TPSA) is 65.5 Å². The minimum atomic E-state index is -0.0496. The molecule has 3 N–H and O–H groups in total. The summed E-state index contributed by atoms with van der Waals surface area (Å²) in [5.41, 5.74) is 4.19. The van der Waals surface area contributed by atoms with Crippen LogP contribution in [-0.2, 0) is 13.1 Å². The zero-order valence-electron chi connectivity index (χ0n) is 15.1. The van der Waals surface area contributed by atoms with Gasteiger partial charge in [0.25, 0.3) is 5.91 Å². The van der Waals surface area contributed by atoms with Crippen molar-refractivity contribution in [2.24, 2.45) is 4.99 Å². The summed E-state index contributed by atoms with van der Waals surface area (Å²) in [5, 5.41) is 9.41. The zero-order chi connectivity index (χ0) is 18.1. The number of nitrogens with one attached hydrogen (secondary N) is 3. The molecule has 5 heteroatoms. The maximum Gasteiger partial charge on any atom is 0.251 e. The highest BCUT2D eigenvalue weighted by molar-refractivity contribution is 5.94. The normalized spacial score (nSPS) is 11.1. The number of rotatable bonds is 6. The summed E-state index contributed by atoms with van der Waals surface area (Å²) in [6.07, 6.45) is 0. The van der Waals surface area contributed by atoms with Crippen LogP contribution in [0.5, 0.6) is 0 Å². The Bertz CT molecular complexity index is 740. The number of guanidine groups is 1. The SMILES string of the molecule is CCNC(=O)c1cccc(CNC(=NC)NCc2ccccc2C)c1. The highest BCUT2D eigenvalue weighted by Gasteiger charge is 2.05. The van der Waals surface area contributed by atoms with E-state index in [-0.39, 0.29) is 5.91 Å². The van der Waals surface area contributed by atoms with Crippen molar-refractivity contribution in [2.45, 2.75) is 26.9 Å². The van der Waals surface area contributed by atoms with Gasteiger partial charge < -0.3 is 16.0 Å². The molecule has 0 aliphatic rings. The van der Waals surface area contributed by atoms with Crippen LogP contribution >= 0.6 is 0 Å². The largest absolute Gasteiger partial charge is 0.352 e. The van der Waals surface area contributed by atoms with Crippen LogP contribution in [0, 0.1) is 6.92 Å². The van der Waals surface area contributed by atoms with Crippen molar-refractivity contribution in [2.75, 3.05) is 13.6 Å². The Morgan fingerprint density at radius 2 is 1.76 bits per heavy atom. The van der Waals surface area contributed by atoms with Crippen LogP contribution in [-0.4, -0.2) is 25.5 Å². The van der Waals surface area contributed by atoms with Gasteiger partial charge in [-0.2, -0.15) is 0 Å². The lowest BCUT2D eigenvalue weighted by atomic mass is 10.1. The molecule has 2 aromatic rings. The Morgan fingerprint density at radius 3 is 2.48 bits per heavy atom. The Morgan fingerprint density at radius 1 is 1.00 bits per heavy atom. The second-order valence-electron chi connectivity index (χ2n) is 5.77. The van der Waals surface area contributed by atoms with E-state index in [1.54, 1.807) is 7.05 Å². The van der Waals surface area contributed by atoms with E-state index in [0.717, 1.165) is 11.5 Å². The molecule has 0 spiro atoms. The van der Waals surface area contributed by atoms with Gasteiger partial charge >= 0.3 is 0 Å². The van der Waals surface area contributed by atoms with Crippen LogP contribution in [0.15, 0.2) is 53.5 Å². The number of carbonyl (C=O) groups is 1. The molecule has 0 saturated carbocycles. The van der Waals surface area contributed by atoms with Gasteiger partial charge in [-0.1, -0.05) is 36.4 Å². The van der Waals surface area contributed by atoms with Gasteiger partial charge in [0, 0.05) is 32.2 Å². The first kappa shape index (κ1) is 18.5. The van der Waals surface area contributed by atoms with Crippen molar-refractivity contribution in [3.63, 3.8) is 0 Å². The molecular formula is C20H26N4O. The number of aryl methyl sites for hydroxylation is 1. The number of nitrogens with zero attached hydrogens (tertiary/aromatic N) is 1. The summed E-state index contributed by atoms with van der Waals surface area (Å²) in [7, 11) is 1.75. The molecule has 0 saturated heterocycles.